The van der Waals surface area contributed by atoms with E-state index in [1.54, 1.807) is 25.1 Å². The lowest BCUT2D eigenvalue weighted by Gasteiger charge is -2.14. The van der Waals surface area contributed by atoms with Crippen LogP contribution >= 0.6 is 23.2 Å². The molecule has 2 aromatic carbocycles. The lowest BCUT2D eigenvalue weighted by Crippen LogP contribution is -2.27. The lowest BCUT2D eigenvalue weighted by atomic mass is 10.1. The molecule has 0 saturated heterocycles. The highest BCUT2D eigenvalue weighted by Gasteiger charge is 2.22. The number of carbonyl (C=O) groups is 1. The number of nitrogens with one attached hydrogen (secondary N) is 1. The van der Waals surface area contributed by atoms with Crippen molar-refractivity contribution < 1.29 is 9.72 Å². The zero-order valence-corrected chi connectivity index (χ0v) is 13.1. The van der Waals surface area contributed by atoms with Crippen LogP contribution in [-0.2, 0) is 0 Å². The van der Waals surface area contributed by atoms with Crippen molar-refractivity contribution >= 4 is 34.8 Å². The predicted molar refractivity (Wildman–Crippen MR) is 85.4 cm³/mol. The Hall–Kier alpha value is -2.11. The second-order valence-corrected chi connectivity index (χ2v) is 5.54. The molecule has 0 aliphatic carbocycles. The Labute approximate surface area is 137 Å². The average molecular weight is 339 g/mol. The molecule has 5 nitrogen and oxygen atoms in total. The number of nitrogens with zero attached hydrogens (tertiary/aromatic N) is 1. The van der Waals surface area contributed by atoms with E-state index in [1.165, 1.54) is 12.1 Å². The summed E-state index contributed by atoms with van der Waals surface area (Å²) in [5, 5.41) is 14.5. The lowest BCUT2D eigenvalue weighted by molar-refractivity contribution is -0.385. The molecule has 0 aliphatic heterocycles. The highest BCUT2D eigenvalue weighted by molar-refractivity contribution is 6.31. The van der Waals surface area contributed by atoms with E-state index in [0.717, 1.165) is 11.6 Å². The summed E-state index contributed by atoms with van der Waals surface area (Å²) in [6.07, 6.45) is 0. The number of amides is 1. The predicted octanol–water partition coefficient (Wildman–Crippen LogP) is 4.39. The summed E-state index contributed by atoms with van der Waals surface area (Å²) < 4.78 is 0. The minimum Gasteiger partial charge on any atom is -0.345 e. The number of rotatable bonds is 4. The number of nitro groups is 1. The second-order valence-electron chi connectivity index (χ2n) is 4.67. The summed E-state index contributed by atoms with van der Waals surface area (Å²) >= 11 is 11.6. The van der Waals surface area contributed by atoms with Crippen molar-refractivity contribution in [2.24, 2.45) is 0 Å². The average Bonchev–Trinajstić information content (AvgIpc) is 2.46. The molecule has 2 rings (SSSR count). The first-order valence-electron chi connectivity index (χ1n) is 6.38. The summed E-state index contributed by atoms with van der Waals surface area (Å²) in [6.45, 7) is 1.77. The van der Waals surface area contributed by atoms with Crippen molar-refractivity contribution in [3.05, 3.63) is 73.8 Å². The zero-order chi connectivity index (χ0) is 16.3. The van der Waals surface area contributed by atoms with Crippen molar-refractivity contribution in [2.45, 2.75) is 13.0 Å². The van der Waals surface area contributed by atoms with Crippen molar-refractivity contribution in [1.82, 2.24) is 5.32 Å². The van der Waals surface area contributed by atoms with Crippen LogP contribution in [0.1, 0.15) is 28.9 Å². The van der Waals surface area contributed by atoms with Gasteiger partial charge in [-0.05, 0) is 36.8 Å². The van der Waals surface area contributed by atoms with Gasteiger partial charge in [-0.1, -0.05) is 35.3 Å². The van der Waals surface area contributed by atoms with Gasteiger partial charge < -0.3 is 5.32 Å². The quantitative estimate of drug-likeness (QED) is 0.663. The SMILES string of the molecule is C[C@H](NC(=O)c1ccc(Cl)cc1[N+](=O)[O-])c1cccc(Cl)c1. The van der Waals surface area contributed by atoms with E-state index in [-0.39, 0.29) is 22.3 Å². The van der Waals surface area contributed by atoms with Crippen molar-refractivity contribution in [3.8, 4) is 0 Å². The molecule has 0 fully saturated rings. The fourth-order valence-corrected chi connectivity index (χ4v) is 2.35. The van der Waals surface area contributed by atoms with Crippen LogP contribution in [-0.4, -0.2) is 10.8 Å². The van der Waals surface area contributed by atoms with Gasteiger partial charge in [-0.25, -0.2) is 0 Å². The van der Waals surface area contributed by atoms with Crippen LogP contribution < -0.4 is 5.32 Å². The molecule has 0 spiro atoms. The fraction of sp³-hybridized carbons (Fsp3) is 0.133. The third kappa shape index (κ3) is 3.75. The number of benzene rings is 2. The van der Waals surface area contributed by atoms with Gasteiger partial charge in [-0.2, -0.15) is 0 Å². The molecular weight excluding hydrogens is 327 g/mol. The maximum Gasteiger partial charge on any atom is 0.283 e. The molecule has 0 bridgehead atoms. The Morgan fingerprint density at radius 3 is 2.50 bits per heavy atom. The Balaban J connectivity index is 2.24. The molecule has 0 saturated carbocycles. The van der Waals surface area contributed by atoms with Crippen LogP contribution in [0, 0.1) is 10.1 Å². The minimum absolute atomic E-state index is 0.0386. The first-order valence-corrected chi connectivity index (χ1v) is 7.14. The van der Waals surface area contributed by atoms with Gasteiger partial charge in [0.05, 0.1) is 11.0 Å². The first kappa shape index (κ1) is 16.3. The van der Waals surface area contributed by atoms with Crippen molar-refractivity contribution in [2.75, 3.05) is 0 Å². The molecule has 114 valence electrons. The van der Waals surface area contributed by atoms with E-state index in [0.29, 0.717) is 5.02 Å². The summed E-state index contributed by atoms with van der Waals surface area (Å²) in [5.41, 5.74) is 0.434. The summed E-state index contributed by atoms with van der Waals surface area (Å²) in [7, 11) is 0. The van der Waals surface area contributed by atoms with E-state index >= 15 is 0 Å². The summed E-state index contributed by atoms with van der Waals surface area (Å²) in [6, 6.07) is 10.6. The van der Waals surface area contributed by atoms with E-state index in [4.69, 9.17) is 23.2 Å². The Morgan fingerprint density at radius 2 is 1.86 bits per heavy atom. The Kier molecular flexibility index (Phi) is 5.00. The van der Waals surface area contributed by atoms with Crippen LogP contribution in [0.2, 0.25) is 10.0 Å². The molecule has 7 heteroatoms. The van der Waals surface area contributed by atoms with Gasteiger partial charge in [0.15, 0.2) is 0 Å². The van der Waals surface area contributed by atoms with E-state index in [2.05, 4.69) is 5.32 Å². The smallest absolute Gasteiger partial charge is 0.283 e. The number of halogens is 2. The highest BCUT2D eigenvalue weighted by atomic mass is 35.5. The zero-order valence-electron chi connectivity index (χ0n) is 11.5. The van der Waals surface area contributed by atoms with Gasteiger partial charge in [0, 0.05) is 16.1 Å². The normalized spacial score (nSPS) is 11.8. The minimum atomic E-state index is -0.634. The van der Waals surface area contributed by atoms with Gasteiger partial charge in [-0.3, -0.25) is 14.9 Å². The van der Waals surface area contributed by atoms with Gasteiger partial charge in [0.1, 0.15) is 5.56 Å². The maximum atomic E-state index is 12.3. The van der Waals surface area contributed by atoms with Crippen LogP contribution in [0.4, 0.5) is 5.69 Å². The molecule has 1 amide bonds. The van der Waals surface area contributed by atoms with E-state index < -0.39 is 10.8 Å². The van der Waals surface area contributed by atoms with Crippen molar-refractivity contribution in [1.29, 1.82) is 0 Å². The molecule has 0 heterocycles. The topological polar surface area (TPSA) is 72.2 Å². The maximum absolute atomic E-state index is 12.3. The van der Waals surface area contributed by atoms with Gasteiger partial charge in [0.25, 0.3) is 11.6 Å². The number of hydrogen-bond donors (Lipinski definition) is 1. The molecule has 1 atom stereocenters. The highest BCUT2D eigenvalue weighted by Crippen LogP contribution is 2.24. The van der Waals surface area contributed by atoms with Gasteiger partial charge in [-0.15, -0.1) is 0 Å². The van der Waals surface area contributed by atoms with Crippen LogP contribution in [0.3, 0.4) is 0 Å². The molecular formula is C15H12Cl2N2O3. The summed E-state index contributed by atoms with van der Waals surface area (Å²) in [5.74, 6) is -0.546. The second kappa shape index (κ2) is 6.77. The van der Waals surface area contributed by atoms with E-state index in [1.807, 2.05) is 6.07 Å². The molecule has 0 aromatic heterocycles. The van der Waals surface area contributed by atoms with Crippen LogP contribution in [0.25, 0.3) is 0 Å². The van der Waals surface area contributed by atoms with Crippen LogP contribution in [0.5, 0.6) is 0 Å². The first-order chi connectivity index (χ1) is 10.4. The monoisotopic (exact) mass is 338 g/mol. The fourth-order valence-electron chi connectivity index (χ4n) is 1.98. The molecule has 0 radical (unpaired) electrons. The standard InChI is InChI=1S/C15H12Cl2N2O3/c1-9(10-3-2-4-11(16)7-10)18-15(20)13-6-5-12(17)8-14(13)19(21)22/h2-9H,1H3,(H,18,20)/t9-/m0/s1. The van der Waals surface area contributed by atoms with Gasteiger partial charge in [0.2, 0.25) is 0 Å². The molecule has 22 heavy (non-hydrogen) atoms. The summed E-state index contributed by atoms with van der Waals surface area (Å²) in [4.78, 5) is 22.7. The number of hydrogen-bond acceptors (Lipinski definition) is 3. The van der Waals surface area contributed by atoms with E-state index in [9.17, 15) is 14.9 Å². The molecule has 0 aliphatic rings. The number of carbonyl (C=O) groups excluding carboxylic acids is 1. The Bertz CT molecular complexity index is 734. The number of nitro benzene ring substituents is 1. The Morgan fingerprint density at radius 1 is 1.18 bits per heavy atom. The largest absolute Gasteiger partial charge is 0.345 e. The van der Waals surface area contributed by atoms with Crippen molar-refractivity contribution in [3.63, 3.8) is 0 Å². The third-order valence-electron chi connectivity index (χ3n) is 3.10. The van der Waals surface area contributed by atoms with Crippen LogP contribution in [0.15, 0.2) is 42.5 Å². The molecule has 2 aromatic rings. The molecule has 0 unspecified atom stereocenters. The van der Waals surface area contributed by atoms with Gasteiger partial charge >= 0.3 is 0 Å². The molecule has 1 N–H and O–H groups in total. The third-order valence-corrected chi connectivity index (χ3v) is 3.57.